The normalized spacial score (nSPS) is 10.5. The molecular formula is C12H12FN3O. The Morgan fingerprint density at radius 1 is 1.35 bits per heavy atom. The summed E-state index contributed by atoms with van der Waals surface area (Å²) >= 11 is 0. The first-order chi connectivity index (χ1) is 8.02. The van der Waals surface area contributed by atoms with Crippen molar-refractivity contribution < 1.29 is 9.18 Å². The molecule has 0 aliphatic heterocycles. The average molecular weight is 233 g/mol. The fraction of sp³-hybridized carbons (Fsp3) is 0.167. The standard InChI is InChI=1S/C12H12FN3O/c1-16(2)12(17)11-10-7(5-6-15-11)9(14)4-3-8(10)13/h3-6H,14H2,1-2H3. The molecule has 0 saturated carbocycles. The van der Waals surface area contributed by atoms with Crippen molar-refractivity contribution in [2.24, 2.45) is 0 Å². The number of fused-ring (bicyclic) bond motifs is 1. The van der Waals surface area contributed by atoms with Gasteiger partial charge < -0.3 is 10.6 Å². The van der Waals surface area contributed by atoms with Crippen molar-refractivity contribution in [1.29, 1.82) is 0 Å². The SMILES string of the molecule is CN(C)C(=O)c1nccc2c(N)ccc(F)c12. The third-order valence-electron chi connectivity index (χ3n) is 2.52. The van der Waals surface area contributed by atoms with Crippen LogP contribution in [0.2, 0.25) is 0 Å². The number of nitrogen functional groups attached to an aromatic ring is 1. The van der Waals surface area contributed by atoms with E-state index in [4.69, 9.17) is 5.73 Å². The van der Waals surface area contributed by atoms with Crippen molar-refractivity contribution in [1.82, 2.24) is 9.88 Å². The topological polar surface area (TPSA) is 59.2 Å². The molecule has 0 aliphatic rings. The minimum absolute atomic E-state index is 0.0808. The van der Waals surface area contributed by atoms with E-state index in [1.54, 1.807) is 20.2 Å². The Kier molecular flexibility index (Phi) is 2.67. The Bertz CT molecular complexity index is 596. The zero-order valence-electron chi connectivity index (χ0n) is 9.57. The quantitative estimate of drug-likeness (QED) is 0.762. The van der Waals surface area contributed by atoms with E-state index in [9.17, 15) is 9.18 Å². The Hall–Kier alpha value is -2.17. The number of rotatable bonds is 1. The van der Waals surface area contributed by atoms with Gasteiger partial charge in [0.15, 0.2) is 0 Å². The van der Waals surface area contributed by atoms with Crippen LogP contribution >= 0.6 is 0 Å². The van der Waals surface area contributed by atoms with Crippen molar-refractivity contribution in [3.63, 3.8) is 0 Å². The molecule has 5 heteroatoms. The van der Waals surface area contributed by atoms with Crippen LogP contribution in [0.1, 0.15) is 10.5 Å². The average Bonchev–Trinajstić information content (AvgIpc) is 2.32. The van der Waals surface area contributed by atoms with Gasteiger partial charge in [-0.2, -0.15) is 0 Å². The van der Waals surface area contributed by atoms with E-state index in [1.165, 1.54) is 23.2 Å². The van der Waals surface area contributed by atoms with Gasteiger partial charge in [0.05, 0.1) is 5.39 Å². The summed E-state index contributed by atoms with van der Waals surface area (Å²) in [5, 5.41) is 0.677. The summed E-state index contributed by atoms with van der Waals surface area (Å²) in [6.45, 7) is 0. The summed E-state index contributed by atoms with van der Waals surface area (Å²) in [6, 6.07) is 4.31. The highest BCUT2D eigenvalue weighted by Gasteiger charge is 2.17. The van der Waals surface area contributed by atoms with Gasteiger partial charge in [-0.3, -0.25) is 9.78 Å². The Morgan fingerprint density at radius 2 is 2.06 bits per heavy atom. The predicted molar refractivity (Wildman–Crippen MR) is 64.1 cm³/mol. The largest absolute Gasteiger partial charge is 0.398 e. The molecule has 0 aliphatic carbocycles. The number of benzene rings is 1. The van der Waals surface area contributed by atoms with E-state index in [2.05, 4.69) is 4.98 Å². The molecule has 1 heterocycles. The maximum atomic E-state index is 13.8. The molecule has 2 rings (SSSR count). The lowest BCUT2D eigenvalue weighted by Gasteiger charge is -2.12. The number of pyridine rings is 1. The van der Waals surface area contributed by atoms with Gasteiger partial charge in [-0.1, -0.05) is 0 Å². The highest BCUT2D eigenvalue weighted by atomic mass is 19.1. The number of carbonyl (C=O) groups excluding carboxylic acids is 1. The molecule has 17 heavy (non-hydrogen) atoms. The number of hydrogen-bond acceptors (Lipinski definition) is 3. The Labute approximate surface area is 97.9 Å². The third kappa shape index (κ3) is 1.80. The van der Waals surface area contributed by atoms with Crippen LogP contribution in [-0.4, -0.2) is 29.9 Å². The first-order valence-electron chi connectivity index (χ1n) is 5.06. The molecule has 0 radical (unpaired) electrons. The molecule has 2 aromatic rings. The van der Waals surface area contributed by atoms with E-state index >= 15 is 0 Å². The van der Waals surface area contributed by atoms with Gasteiger partial charge in [0.25, 0.3) is 5.91 Å². The molecule has 1 aromatic carbocycles. The summed E-state index contributed by atoms with van der Waals surface area (Å²) in [7, 11) is 3.18. The summed E-state index contributed by atoms with van der Waals surface area (Å²) in [5.74, 6) is -0.840. The maximum Gasteiger partial charge on any atom is 0.272 e. The molecule has 0 atom stereocenters. The molecule has 0 saturated heterocycles. The van der Waals surface area contributed by atoms with Gasteiger partial charge in [-0.15, -0.1) is 0 Å². The monoisotopic (exact) mass is 233 g/mol. The second kappa shape index (κ2) is 4.01. The Balaban J connectivity index is 2.82. The fourth-order valence-corrected chi connectivity index (χ4v) is 1.65. The van der Waals surface area contributed by atoms with Gasteiger partial charge in [-0.05, 0) is 18.2 Å². The second-order valence-electron chi connectivity index (χ2n) is 3.92. The Morgan fingerprint density at radius 3 is 2.71 bits per heavy atom. The zero-order valence-corrected chi connectivity index (χ0v) is 9.57. The van der Waals surface area contributed by atoms with Crippen LogP contribution in [0, 0.1) is 5.82 Å². The van der Waals surface area contributed by atoms with E-state index in [0.29, 0.717) is 11.1 Å². The molecule has 0 fully saturated rings. The lowest BCUT2D eigenvalue weighted by molar-refractivity contribution is 0.0824. The van der Waals surface area contributed by atoms with Crippen LogP contribution < -0.4 is 5.73 Å². The summed E-state index contributed by atoms with van der Waals surface area (Å²) in [4.78, 5) is 17.2. The number of aromatic nitrogens is 1. The van der Waals surface area contributed by atoms with Crippen molar-refractivity contribution in [2.45, 2.75) is 0 Å². The summed E-state index contributed by atoms with van der Waals surface area (Å²) < 4.78 is 13.8. The second-order valence-corrected chi connectivity index (χ2v) is 3.92. The van der Waals surface area contributed by atoms with Crippen molar-refractivity contribution in [3.05, 3.63) is 35.9 Å². The smallest absolute Gasteiger partial charge is 0.272 e. The van der Waals surface area contributed by atoms with Crippen LogP contribution in [0.5, 0.6) is 0 Å². The number of carbonyl (C=O) groups is 1. The third-order valence-corrected chi connectivity index (χ3v) is 2.52. The first-order valence-corrected chi connectivity index (χ1v) is 5.06. The lowest BCUT2D eigenvalue weighted by atomic mass is 10.1. The number of anilines is 1. The minimum atomic E-state index is -0.493. The van der Waals surface area contributed by atoms with Gasteiger partial charge in [0.1, 0.15) is 11.5 Å². The molecule has 2 N–H and O–H groups in total. The van der Waals surface area contributed by atoms with Crippen LogP contribution in [0.4, 0.5) is 10.1 Å². The summed E-state index contributed by atoms with van der Waals surface area (Å²) in [6.07, 6.45) is 1.45. The lowest BCUT2D eigenvalue weighted by Crippen LogP contribution is -2.23. The molecule has 0 unspecified atom stereocenters. The van der Waals surface area contributed by atoms with Crippen molar-refractivity contribution in [2.75, 3.05) is 19.8 Å². The molecule has 1 aromatic heterocycles. The zero-order chi connectivity index (χ0) is 12.6. The van der Waals surface area contributed by atoms with Gasteiger partial charge >= 0.3 is 0 Å². The van der Waals surface area contributed by atoms with Gasteiger partial charge in [-0.25, -0.2) is 4.39 Å². The van der Waals surface area contributed by atoms with Crippen molar-refractivity contribution in [3.8, 4) is 0 Å². The molecule has 0 bridgehead atoms. The molecular weight excluding hydrogens is 221 g/mol. The van der Waals surface area contributed by atoms with Crippen LogP contribution in [0.3, 0.4) is 0 Å². The van der Waals surface area contributed by atoms with E-state index < -0.39 is 5.82 Å². The van der Waals surface area contributed by atoms with E-state index in [0.717, 1.165) is 0 Å². The highest BCUT2D eigenvalue weighted by molar-refractivity contribution is 6.08. The number of nitrogens with two attached hydrogens (primary N) is 1. The van der Waals surface area contributed by atoms with Crippen LogP contribution in [0.25, 0.3) is 10.8 Å². The fourth-order valence-electron chi connectivity index (χ4n) is 1.65. The van der Waals surface area contributed by atoms with E-state index in [1.807, 2.05) is 0 Å². The van der Waals surface area contributed by atoms with Crippen LogP contribution in [-0.2, 0) is 0 Å². The molecule has 1 amide bonds. The predicted octanol–water partition coefficient (Wildman–Crippen LogP) is 1.66. The first kappa shape index (κ1) is 11.3. The number of nitrogens with zero attached hydrogens (tertiary/aromatic N) is 2. The molecule has 88 valence electrons. The van der Waals surface area contributed by atoms with Crippen LogP contribution in [0.15, 0.2) is 24.4 Å². The number of amides is 1. The summed E-state index contributed by atoms with van der Waals surface area (Å²) in [5.41, 5.74) is 6.26. The van der Waals surface area contributed by atoms with Gasteiger partial charge in [0, 0.05) is 31.4 Å². The molecule has 4 nitrogen and oxygen atoms in total. The van der Waals surface area contributed by atoms with E-state index in [-0.39, 0.29) is 17.0 Å². The minimum Gasteiger partial charge on any atom is -0.398 e. The molecule has 0 spiro atoms. The number of hydrogen-bond donors (Lipinski definition) is 1. The van der Waals surface area contributed by atoms with Gasteiger partial charge in [0.2, 0.25) is 0 Å². The maximum absolute atomic E-state index is 13.8. The highest BCUT2D eigenvalue weighted by Crippen LogP contribution is 2.26. The van der Waals surface area contributed by atoms with Crippen molar-refractivity contribution >= 4 is 22.4 Å². The number of halogens is 1.